The number of hydrogen-bond acceptors (Lipinski definition) is 3. The summed E-state index contributed by atoms with van der Waals surface area (Å²) in [5.41, 5.74) is 4.45. The highest BCUT2D eigenvalue weighted by atomic mass is 35.5. The molecule has 3 N–H and O–H groups in total. The van der Waals surface area contributed by atoms with Crippen LogP contribution >= 0.6 is 34.8 Å². The van der Waals surface area contributed by atoms with Crippen molar-refractivity contribution < 1.29 is 14.4 Å². The van der Waals surface area contributed by atoms with Gasteiger partial charge >= 0.3 is 11.8 Å². The van der Waals surface area contributed by atoms with Crippen molar-refractivity contribution in [2.75, 3.05) is 17.3 Å². The van der Waals surface area contributed by atoms with Crippen molar-refractivity contribution in [3.63, 3.8) is 0 Å². The van der Waals surface area contributed by atoms with Gasteiger partial charge in [0.15, 0.2) is 0 Å². The molecule has 1 aromatic heterocycles. The largest absolute Gasteiger partial charge is 0.347 e. The molecule has 35 heavy (non-hydrogen) atoms. The normalized spacial score (nSPS) is 10.7. The molecule has 7 nitrogen and oxygen atoms in total. The molecular weight excluding hydrogens is 511 g/mol. The van der Waals surface area contributed by atoms with Crippen molar-refractivity contribution in [1.29, 1.82) is 0 Å². The molecule has 0 radical (unpaired) electrons. The molecule has 0 saturated carbocycles. The van der Waals surface area contributed by atoms with Gasteiger partial charge in [0.2, 0.25) is 0 Å². The zero-order valence-corrected chi connectivity index (χ0v) is 20.4. The monoisotopic (exact) mass is 528 g/mol. The van der Waals surface area contributed by atoms with E-state index in [1.807, 2.05) is 30.3 Å². The van der Waals surface area contributed by atoms with E-state index < -0.39 is 17.7 Å². The minimum atomic E-state index is -0.926. The van der Waals surface area contributed by atoms with Crippen molar-refractivity contribution in [3.8, 4) is 0 Å². The molecule has 0 aliphatic heterocycles. The van der Waals surface area contributed by atoms with Crippen molar-refractivity contribution in [1.82, 2.24) is 9.99 Å². The highest BCUT2D eigenvalue weighted by Gasteiger charge is 2.21. The van der Waals surface area contributed by atoms with Gasteiger partial charge in [-0.2, -0.15) is 0 Å². The summed E-state index contributed by atoms with van der Waals surface area (Å²) >= 11 is 18.1. The van der Waals surface area contributed by atoms with Crippen LogP contribution in [0.15, 0.2) is 72.8 Å². The maximum absolute atomic E-state index is 13.1. The lowest BCUT2D eigenvalue weighted by Gasteiger charge is -2.13. The van der Waals surface area contributed by atoms with Crippen LogP contribution in [0.25, 0.3) is 10.9 Å². The average Bonchev–Trinajstić information content (AvgIpc) is 3.16. The Morgan fingerprint density at radius 1 is 0.771 bits per heavy atom. The van der Waals surface area contributed by atoms with Gasteiger partial charge in [-0.1, -0.05) is 65.1 Å². The third-order valence-electron chi connectivity index (χ3n) is 5.08. The van der Waals surface area contributed by atoms with Gasteiger partial charge in [-0.25, -0.2) is 4.68 Å². The smallest absolute Gasteiger partial charge is 0.328 e. The molecule has 3 amide bonds. The molecule has 4 rings (SSSR count). The van der Waals surface area contributed by atoms with Crippen LogP contribution in [0, 0.1) is 0 Å². The van der Waals surface area contributed by atoms with Crippen molar-refractivity contribution >= 4 is 69.1 Å². The first-order chi connectivity index (χ1) is 16.8. The van der Waals surface area contributed by atoms with Gasteiger partial charge in [0.05, 0.1) is 5.52 Å². The second-order valence-corrected chi connectivity index (χ2v) is 8.92. The first-order valence-electron chi connectivity index (χ1n) is 10.5. The fourth-order valence-electron chi connectivity index (χ4n) is 3.49. The standard InChI is InChI=1S/C25H19Cl3N4O3/c26-17-6-7-21-16(10-17)11-22(23(33)30-20-13-18(27)12-19(28)14-20)32(21)31-25(35)24(34)29-9-8-15-4-2-1-3-5-15/h1-7,10-14H,8-9H2,(H,29,34)(H,30,33)(H,31,35). The van der Waals surface area contributed by atoms with Crippen LogP contribution in [0.3, 0.4) is 0 Å². The number of anilines is 1. The van der Waals surface area contributed by atoms with E-state index in [9.17, 15) is 14.4 Å². The van der Waals surface area contributed by atoms with Crippen LogP contribution in [-0.2, 0) is 16.0 Å². The third-order valence-corrected chi connectivity index (χ3v) is 5.75. The summed E-state index contributed by atoms with van der Waals surface area (Å²) < 4.78 is 1.24. The fourth-order valence-corrected chi connectivity index (χ4v) is 4.20. The maximum atomic E-state index is 13.1. The van der Waals surface area contributed by atoms with Crippen LogP contribution in [-0.4, -0.2) is 28.9 Å². The van der Waals surface area contributed by atoms with Crippen LogP contribution < -0.4 is 16.1 Å². The molecule has 0 aliphatic rings. The summed E-state index contributed by atoms with van der Waals surface area (Å²) in [6.45, 7) is 0.279. The van der Waals surface area contributed by atoms with Crippen molar-refractivity contribution in [3.05, 3.63) is 99.1 Å². The Morgan fingerprint density at radius 3 is 2.20 bits per heavy atom. The molecule has 178 valence electrons. The van der Waals surface area contributed by atoms with E-state index in [1.165, 1.54) is 22.9 Å². The van der Waals surface area contributed by atoms with Crippen molar-refractivity contribution in [2.45, 2.75) is 6.42 Å². The Bertz CT molecular complexity index is 1400. The van der Waals surface area contributed by atoms with E-state index in [2.05, 4.69) is 16.1 Å². The number of benzene rings is 3. The average molecular weight is 530 g/mol. The quantitative estimate of drug-likeness (QED) is 0.297. The Hall–Kier alpha value is -3.52. The van der Waals surface area contributed by atoms with Gasteiger partial charge in [-0.05, 0) is 54.4 Å². The van der Waals surface area contributed by atoms with Gasteiger partial charge in [-0.15, -0.1) is 0 Å². The molecule has 0 unspecified atom stereocenters. The molecule has 4 aromatic rings. The van der Waals surface area contributed by atoms with E-state index in [4.69, 9.17) is 34.8 Å². The summed E-state index contributed by atoms with van der Waals surface area (Å²) in [4.78, 5) is 38.1. The molecule has 0 bridgehead atoms. The topological polar surface area (TPSA) is 92.2 Å². The molecule has 10 heteroatoms. The predicted molar refractivity (Wildman–Crippen MR) is 139 cm³/mol. The lowest BCUT2D eigenvalue weighted by Crippen LogP contribution is -2.40. The number of nitrogens with zero attached hydrogens (tertiary/aromatic N) is 1. The van der Waals surface area contributed by atoms with Crippen LogP contribution in [0.1, 0.15) is 16.1 Å². The second-order valence-electron chi connectivity index (χ2n) is 7.61. The summed E-state index contributed by atoms with van der Waals surface area (Å²) in [5, 5.41) is 7.03. The Balaban J connectivity index is 1.53. The number of halogens is 3. The summed E-state index contributed by atoms with van der Waals surface area (Å²) in [6.07, 6.45) is 0.570. The number of amides is 3. The van der Waals surface area contributed by atoms with Gasteiger partial charge in [0.1, 0.15) is 5.69 Å². The SMILES string of the molecule is O=C(NCCc1ccccc1)C(=O)Nn1c(C(=O)Nc2cc(Cl)cc(Cl)c2)cc2cc(Cl)ccc21. The third kappa shape index (κ3) is 6.14. The van der Waals surface area contributed by atoms with E-state index in [-0.39, 0.29) is 12.2 Å². The first kappa shape index (κ1) is 24.6. The minimum Gasteiger partial charge on any atom is -0.347 e. The molecule has 3 aromatic carbocycles. The van der Waals surface area contributed by atoms with E-state index in [0.717, 1.165) is 5.56 Å². The number of carbonyl (C=O) groups is 3. The number of nitrogens with one attached hydrogen (secondary N) is 3. The first-order valence-corrected chi connectivity index (χ1v) is 11.6. The van der Waals surface area contributed by atoms with Crippen LogP contribution in [0.5, 0.6) is 0 Å². The molecule has 1 heterocycles. The molecule has 0 saturated heterocycles. The minimum absolute atomic E-state index is 0.0730. The lowest BCUT2D eigenvalue weighted by atomic mass is 10.1. The second kappa shape index (κ2) is 10.8. The van der Waals surface area contributed by atoms with Crippen LogP contribution in [0.4, 0.5) is 5.69 Å². The van der Waals surface area contributed by atoms with Gasteiger partial charge < -0.3 is 10.6 Å². The highest BCUT2D eigenvalue weighted by Crippen LogP contribution is 2.25. The molecule has 0 atom stereocenters. The van der Waals surface area contributed by atoms with E-state index >= 15 is 0 Å². The molecule has 0 aliphatic carbocycles. The van der Waals surface area contributed by atoms with Gasteiger partial charge in [0.25, 0.3) is 5.91 Å². The van der Waals surface area contributed by atoms with Crippen molar-refractivity contribution in [2.24, 2.45) is 0 Å². The zero-order valence-electron chi connectivity index (χ0n) is 18.1. The Morgan fingerprint density at radius 2 is 1.49 bits per heavy atom. The molecule has 0 fully saturated rings. The molecular formula is C25H19Cl3N4O3. The number of fused-ring (bicyclic) bond motifs is 1. The molecule has 0 spiro atoms. The lowest BCUT2D eigenvalue weighted by molar-refractivity contribution is -0.136. The Labute approximate surface area is 215 Å². The zero-order chi connectivity index (χ0) is 24.9. The highest BCUT2D eigenvalue weighted by molar-refractivity contribution is 6.38. The van der Waals surface area contributed by atoms with Crippen LogP contribution in [0.2, 0.25) is 15.1 Å². The maximum Gasteiger partial charge on any atom is 0.328 e. The summed E-state index contributed by atoms with van der Waals surface area (Å²) in [6, 6.07) is 20.6. The number of rotatable bonds is 6. The predicted octanol–water partition coefficient (Wildman–Crippen LogP) is 5.28. The van der Waals surface area contributed by atoms with Gasteiger partial charge in [0, 0.05) is 32.7 Å². The van der Waals surface area contributed by atoms with Gasteiger partial charge in [-0.3, -0.25) is 19.8 Å². The number of aromatic nitrogens is 1. The van der Waals surface area contributed by atoms with E-state index in [1.54, 1.807) is 24.3 Å². The number of carbonyl (C=O) groups excluding carboxylic acids is 3. The van der Waals surface area contributed by atoms with E-state index in [0.29, 0.717) is 38.1 Å². The summed E-state index contributed by atoms with van der Waals surface area (Å²) in [7, 11) is 0. The fraction of sp³-hybridized carbons (Fsp3) is 0.0800. The summed E-state index contributed by atoms with van der Waals surface area (Å²) in [5.74, 6) is -2.31. The Kier molecular flexibility index (Phi) is 7.60. The number of hydrogen-bond donors (Lipinski definition) is 3.